The van der Waals surface area contributed by atoms with Gasteiger partial charge >= 0.3 is 0 Å². The van der Waals surface area contributed by atoms with Gasteiger partial charge in [-0.25, -0.2) is 0 Å². The van der Waals surface area contributed by atoms with Gasteiger partial charge in [0.25, 0.3) is 0 Å². The fourth-order valence-electron chi connectivity index (χ4n) is 1.39. The largest absolute Gasteiger partial charge is 0.379 e. The van der Waals surface area contributed by atoms with Crippen LogP contribution in [0.25, 0.3) is 0 Å². The molecule has 1 rings (SSSR count). The normalized spacial score (nSPS) is 31.1. The first-order valence-electron chi connectivity index (χ1n) is 4.12. The molecule has 11 heavy (non-hydrogen) atoms. The Hall–Kier alpha value is 0.270. The third kappa shape index (κ3) is 3.01. The lowest BCUT2D eigenvalue weighted by Crippen LogP contribution is -2.40. The fraction of sp³-hybridized carbons (Fsp3) is 1.00. The maximum atomic E-state index is 6.07. The number of ether oxygens (including phenoxy) is 1. The standard InChI is InChI=1S/C8H17NOS/c1-11-6-2-3-8(9)4-5-10-7-8/h2-7,9H2,1H3. The summed E-state index contributed by atoms with van der Waals surface area (Å²) in [6.45, 7) is 1.62. The van der Waals surface area contributed by atoms with Gasteiger partial charge in [-0.15, -0.1) is 0 Å². The number of hydrogen-bond donors (Lipinski definition) is 1. The van der Waals surface area contributed by atoms with Crippen LogP contribution in [0, 0.1) is 0 Å². The van der Waals surface area contributed by atoms with Gasteiger partial charge in [0.1, 0.15) is 0 Å². The van der Waals surface area contributed by atoms with Gasteiger partial charge in [-0.3, -0.25) is 0 Å². The van der Waals surface area contributed by atoms with Gasteiger partial charge in [0, 0.05) is 12.1 Å². The zero-order chi connectivity index (χ0) is 8.16. The van der Waals surface area contributed by atoms with Crippen LogP contribution in [0.15, 0.2) is 0 Å². The molecule has 3 heteroatoms. The summed E-state index contributed by atoms with van der Waals surface area (Å²) in [5, 5.41) is 0. The Kier molecular flexibility index (Phi) is 3.69. The first kappa shape index (κ1) is 9.36. The highest BCUT2D eigenvalue weighted by Gasteiger charge is 2.29. The Morgan fingerprint density at radius 1 is 1.64 bits per heavy atom. The summed E-state index contributed by atoms with van der Waals surface area (Å²) in [6.07, 6.45) is 5.52. The minimum absolute atomic E-state index is 0.00965. The molecule has 0 aromatic heterocycles. The summed E-state index contributed by atoms with van der Waals surface area (Å²) in [7, 11) is 0. The molecule has 1 unspecified atom stereocenters. The van der Waals surface area contributed by atoms with Crippen LogP contribution in [-0.2, 0) is 4.74 Å². The van der Waals surface area contributed by atoms with E-state index in [9.17, 15) is 0 Å². The van der Waals surface area contributed by atoms with E-state index in [-0.39, 0.29) is 5.54 Å². The van der Waals surface area contributed by atoms with Crippen LogP contribution in [0.5, 0.6) is 0 Å². The van der Waals surface area contributed by atoms with Crippen molar-refractivity contribution in [3.05, 3.63) is 0 Å². The van der Waals surface area contributed by atoms with E-state index < -0.39 is 0 Å². The lowest BCUT2D eigenvalue weighted by Gasteiger charge is -2.20. The maximum absolute atomic E-state index is 6.07. The van der Waals surface area contributed by atoms with E-state index >= 15 is 0 Å². The van der Waals surface area contributed by atoms with Gasteiger partial charge in [-0.05, 0) is 31.3 Å². The molecule has 2 N–H and O–H groups in total. The first-order chi connectivity index (χ1) is 5.27. The number of rotatable bonds is 4. The van der Waals surface area contributed by atoms with Crippen molar-refractivity contribution >= 4 is 11.8 Å². The summed E-state index contributed by atoms with van der Waals surface area (Å²) < 4.78 is 5.26. The molecule has 0 aliphatic carbocycles. The molecule has 0 spiro atoms. The molecule has 0 bridgehead atoms. The molecule has 1 heterocycles. The monoisotopic (exact) mass is 175 g/mol. The smallest absolute Gasteiger partial charge is 0.0647 e. The van der Waals surface area contributed by atoms with Gasteiger partial charge in [0.15, 0.2) is 0 Å². The molecule has 66 valence electrons. The van der Waals surface area contributed by atoms with Gasteiger partial charge < -0.3 is 10.5 Å². The molecular formula is C8H17NOS. The van der Waals surface area contributed by atoms with Crippen molar-refractivity contribution in [3.63, 3.8) is 0 Å². The first-order valence-corrected chi connectivity index (χ1v) is 5.52. The van der Waals surface area contributed by atoms with E-state index in [2.05, 4.69) is 6.26 Å². The highest BCUT2D eigenvalue weighted by molar-refractivity contribution is 7.98. The van der Waals surface area contributed by atoms with Crippen molar-refractivity contribution in [1.82, 2.24) is 0 Å². The van der Waals surface area contributed by atoms with Crippen molar-refractivity contribution in [3.8, 4) is 0 Å². The van der Waals surface area contributed by atoms with Gasteiger partial charge in [-0.2, -0.15) is 11.8 Å². The molecular weight excluding hydrogens is 158 g/mol. The van der Waals surface area contributed by atoms with Crippen LogP contribution in [-0.4, -0.2) is 30.8 Å². The molecule has 1 aliphatic rings. The van der Waals surface area contributed by atoms with Crippen molar-refractivity contribution < 1.29 is 4.74 Å². The molecule has 2 nitrogen and oxygen atoms in total. The zero-order valence-electron chi connectivity index (χ0n) is 7.14. The molecule has 0 amide bonds. The number of thioether (sulfide) groups is 1. The molecule has 1 atom stereocenters. The summed E-state index contributed by atoms with van der Waals surface area (Å²) in [6, 6.07) is 0. The highest BCUT2D eigenvalue weighted by atomic mass is 32.2. The summed E-state index contributed by atoms with van der Waals surface area (Å²) in [4.78, 5) is 0. The maximum Gasteiger partial charge on any atom is 0.0647 e. The Labute approximate surface area is 72.9 Å². The quantitative estimate of drug-likeness (QED) is 0.653. The molecule has 0 aromatic carbocycles. The predicted molar refractivity (Wildman–Crippen MR) is 50.0 cm³/mol. The number of hydrogen-bond acceptors (Lipinski definition) is 3. The zero-order valence-corrected chi connectivity index (χ0v) is 7.95. The lowest BCUT2D eigenvalue weighted by molar-refractivity contribution is 0.175. The van der Waals surface area contributed by atoms with Crippen LogP contribution in [0.1, 0.15) is 19.3 Å². The van der Waals surface area contributed by atoms with Gasteiger partial charge in [0.05, 0.1) is 6.61 Å². The van der Waals surface area contributed by atoms with E-state index in [4.69, 9.17) is 10.5 Å². The Morgan fingerprint density at radius 2 is 2.45 bits per heavy atom. The lowest BCUT2D eigenvalue weighted by atomic mass is 9.95. The van der Waals surface area contributed by atoms with Crippen LogP contribution < -0.4 is 5.73 Å². The SMILES string of the molecule is CSCCCC1(N)CCOC1. The van der Waals surface area contributed by atoms with Crippen LogP contribution in [0.4, 0.5) is 0 Å². The van der Waals surface area contributed by atoms with E-state index in [1.54, 1.807) is 0 Å². The molecule has 0 saturated carbocycles. The minimum Gasteiger partial charge on any atom is -0.379 e. The molecule has 0 aromatic rings. The second-order valence-corrected chi connectivity index (χ2v) is 4.25. The fourth-order valence-corrected chi connectivity index (χ4v) is 1.82. The molecule has 0 radical (unpaired) electrons. The van der Waals surface area contributed by atoms with Crippen LogP contribution in [0.2, 0.25) is 0 Å². The summed E-state index contributed by atoms with van der Waals surface area (Å²) >= 11 is 1.89. The van der Waals surface area contributed by atoms with E-state index in [1.807, 2.05) is 11.8 Å². The average Bonchev–Trinajstić information content (AvgIpc) is 2.38. The van der Waals surface area contributed by atoms with Gasteiger partial charge in [-0.1, -0.05) is 0 Å². The number of nitrogens with two attached hydrogens (primary N) is 1. The molecule has 1 aliphatic heterocycles. The predicted octanol–water partition coefficient (Wildman–Crippen LogP) is 1.25. The second-order valence-electron chi connectivity index (χ2n) is 3.26. The average molecular weight is 175 g/mol. The molecule has 1 saturated heterocycles. The van der Waals surface area contributed by atoms with Crippen LogP contribution in [0.3, 0.4) is 0 Å². The van der Waals surface area contributed by atoms with Crippen molar-refractivity contribution in [2.45, 2.75) is 24.8 Å². The Morgan fingerprint density at radius 3 is 3.00 bits per heavy atom. The summed E-state index contributed by atoms with van der Waals surface area (Å²) in [5.41, 5.74) is 6.08. The Balaban J connectivity index is 2.13. The van der Waals surface area contributed by atoms with E-state index in [0.29, 0.717) is 0 Å². The Bertz CT molecular complexity index is 113. The summed E-state index contributed by atoms with van der Waals surface area (Å²) in [5.74, 6) is 1.22. The molecule has 1 fully saturated rings. The van der Waals surface area contributed by atoms with Crippen LogP contribution >= 0.6 is 11.8 Å². The van der Waals surface area contributed by atoms with Crippen molar-refractivity contribution in [1.29, 1.82) is 0 Å². The third-order valence-corrected chi connectivity index (χ3v) is 2.85. The van der Waals surface area contributed by atoms with E-state index in [1.165, 1.54) is 12.2 Å². The van der Waals surface area contributed by atoms with Gasteiger partial charge in [0.2, 0.25) is 0 Å². The second kappa shape index (κ2) is 4.33. The topological polar surface area (TPSA) is 35.2 Å². The highest BCUT2D eigenvalue weighted by Crippen LogP contribution is 2.21. The van der Waals surface area contributed by atoms with Crippen molar-refractivity contribution in [2.24, 2.45) is 5.73 Å². The minimum atomic E-state index is 0.00965. The van der Waals surface area contributed by atoms with E-state index in [0.717, 1.165) is 26.1 Å². The third-order valence-electron chi connectivity index (χ3n) is 2.16. The van der Waals surface area contributed by atoms with Crippen molar-refractivity contribution in [2.75, 3.05) is 25.2 Å².